The molecule has 6 heteroatoms. The number of halogens is 2. The van der Waals surface area contributed by atoms with Crippen LogP contribution in [-0.2, 0) is 0 Å². The van der Waals surface area contributed by atoms with Crippen molar-refractivity contribution in [2.45, 2.75) is 6.04 Å². The second-order valence-corrected chi connectivity index (χ2v) is 5.23. The van der Waals surface area contributed by atoms with E-state index in [0.717, 1.165) is 15.9 Å². The molecule has 1 N–H and O–H groups in total. The average Bonchev–Trinajstić information content (AvgIpc) is 2.84. The monoisotopic (exact) mass is 327 g/mol. The van der Waals surface area contributed by atoms with E-state index in [4.69, 9.17) is 16.9 Å². The van der Waals surface area contributed by atoms with Crippen molar-refractivity contribution >= 4 is 44.6 Å². The molecule has 0 amide bonds. The lowest BCUT2D eigenvalue weighted by atomic mass is 10.2. The van der Waals surface area contributed by atoms with Crippen molar-refractivity contribution in [2.24, 2.45) is 0 Å². The highest BCUT2D eigenvalue weighted by atomic mass is 79.9. The highest BCUT2D eigenvalue weighted by Crippen LogP contribution is 2.27. The van der Waals surface area contributed by atoms with Crippen LogP contribution >= 0.6 is 38.9 Å². The minimum Gasteiger partial charge on any atom is -0.365 e. The van der Waals surface area contributed by atoms with E-state index >= 15 is 0 Å². The Hall–Kier alpha value is -1.09. The predicted molar refractivity (Wildman–Crippen MR) is 73.2 cm³/mol. The van der Waals surface area contributed by atoms with Crippen LogP contribution in [0.15, 0.2) is 33.6 Å². The Morgan fingerprint density at radius 2 is 2.35 bits per heavy atom. The minimum absolute atomic E-state index is 0.450. The van der Waals surface area contributed by atoms with Crippen LogP contribution in [0.4, 0.5) is 5.69 Å². The lowest BCUT2D eigenvalue weighted by Gasteiger charge is -2.11. The number of benzene rings is 1. The van der Waals surface area contributed by atoms with E-state index in [1.807, 2.05) is 17.5 Å². The first-order valence-electron chi connectivity index (χ1n) is 4.70. The van der Waals surface area contributed by atoms with Gasteiger partial charge in [-0.05, 0) is 34.1 Å². The lowest BCUT2D eigenvalue weighted by Crippen LogP contribution is -2.08. The van der Waals surface area contributed by atoms with Crippen molar-refractivity contribution < 1.29 is 0 Å². The molecule has 0 aliphatic carbocycles. The van der Waals surface area contributed by atoms with Crippen LogP contribution in [0.5, 0.6) is 0 Å². The molecular weight excluding hydrogens is 322 g/mol. The molecule has 0 fully saturated rings. The largest absolute Gasteiger partial charge is 0.365 e. The number of nitrogens with zero attached hydrogens (tertiary/aromatic N) is 2. The molecule has 1 aromatic heterocycles. The van der Waals surface area contributed by atoms with Gasteiger partial charge in [-0.1, -0.05) is 11.6 Å². The van der Waals surface area contributed by atoms with Crippen LogP contribution in [0.3, 0.4) is 0 Å². The maximum Gasteiger partial charge on any atom is 0.158 e. The van der Waals surface area contributed by atoms with Crippen LogP contribution in [0.1, 0.15) is 11.7 Å². The number of aromatic nitrogens is 1. The molecule has 0 aliphatic rings. The number of hydrogen-bond donors (Lipinski definition) is 1. The number of rotatable bonds is 3. The first kappa shape index (κ1) is 12.4. The van der Waals surface area contributed by atoms with Crippen molar-refractivity contribution in [3.05, 3.63) is 44.3 Å². The quantitative estimate of drug-likeness (QED) is 0.917. The van der Waals surface area contributed by atoms with Gasteiger partial charge in [-0.25, -0.2) is 4.98 Å². The van der Waals surface area contributed by atoms with Gasteiger partial charge in [0.2, 0.25) is 0 Å². The predicted octanol–water partition coefficient (Wildman–Crippen LogP) is 4.24. The van der Waals surface area contributed by atoms with E-state index in [2.05, 4.69) is 32.3 Å². The van der Waals surface area contributed by atoms with Crippen molar-refractivity contribution in [3.8, 4) is 6.07 Å². The maximum absolute atomic E-state index is 9.10. The maximum atomic E-state index is 9.10. The summed E-state index contributed by atoms with van der Waals surface area (Å²) in [6.07, 6.45) is 0. The second kappa shape index (κ2) is 5.50. The molecule has 17 heavy (non-hydrogen) atoms. The Balaban J connectivity index is 2.20. The topological polar surface area (TPSA) is 48.7 Å². The number of nitriles is 1. The van der Waals surface area contributed by atoms with Gasteiger partial charge in [0.1, 0.15) is 0 Å². The third-order valence-corrected chi connectivity index (χ3v) is 3.93. The fourth-order valence-electron chi connectivity index (χ4n) is 1.29. The van der Waals surface area contributed by atoms with Gasteiger partial charge >= 0.3 is 0 Å². The molecule has 0 bridgehead atoms. The molecule has 0 radical (unpaired) electrons. The summed E-state index contributed by atoms with van der Waals surface area (Å²) in [5.41, 5.74) is 3.25. The smallest absolute Gasteiger partial charge is 0.158 e. The summed E-state index contributed by atoms with van der Waals surface area (Å²) >= 11 is 10.7. The fourth-order valence-corrected chi connectivity index (χ4v) is 2.37. The van der Waals surface area contributed by atoms with Gasteiger partial charge in [0.25, 0.3) is 0 Å². The number of hydrogen-bond acceptors (Lipinski definition) is 4. The first-order chi connectivity index (χ1) is 8.20. The SMILES string of the molecule is N#CC(Nc1ccc(Cl)c(Br)c1)c1cscn1. The lowest BCUT2D eigenvalue weighted by molar-refractivity contribution is 0.950. The van der Waals surface area contributed by atoms with Gasteiger partial charge in [-0.3, -0.25) is 0 Å². The molecular formula is C11H7BrClN3S. The van der Waals surface area contributed by atoms with E-state index in [1.165, 1.54) is 11.3 Å². The van der Waals surface area contributed by atoms with Gasteiger partial charge in [0.15, 0.2) is 6.04 Å². The molecule has 0 aliphatic heterocycles. The zero-order valence-corrected chi connectivity index (χ0v) is 11.7. The Kier molecular flexibility index (Phi) is 4.00. The highest BCUT2D eigenvalue weighted by Gasteiger charge is 2.12. The normalized spacial score (nSPS) is 11.8. The molecule has 86 valence electrons. The molecule has 2 rings (SSSR count). The van der Waals surface area contributed by atoms with Gasteiger partial charge in [-0.2, -0.15) is 5.26 Å². The van der Waals surface area contributed by atoms with Gasteiger partial charge in [0, 0.05) is 15.5 Å². The van der Waals surface area contributed by atoms with E-state index in [0.29, 0.717) is 5.02 Å². The van der Waals surface area contributed by atoms with Crippen LogP contribution in [-0.4, -0.2) is 4.98 Å². The molecule has 1 heterocycles. The molecule has 0 spiro atoms. The third-order valence-electron chi connectivity index (χ3n) is 2.11. The standard InChI is InChI=1S/C11H7BrClN3S/c12-8-3-7(1-2-9(8)13)16-10(4-14)11-5-17-6-15-11/h1-3,5-6,10,16H. The summed E-state index contributed by atoms with van der Waals surface area (Å²) in [4.78, 5) is 4.12. The van der Waals surface area contributed by atoms with E-state index < -0.39 is 6.04 Å². The van der Waals surface area contributed by atoms with Crippen LogP contribution in [0.25, 0.3) is 0 Å². The van der Waals surface area contributed by atoms with Gasteiger partial charge in [0.05, 0.1) is 22.3 Å². The summed E-state index contributed by atoms with van der Waals surface area (Å²) in [6.45, 7) is 0. The Morgan fingerprint density at radius 3 is 2.94 bits per heavy atom. The zero-order chi connectivity index (χ0) is 12.3. The molecule has 1 unspecified atom stereocenters. The van der Waals surface area contributed by atoms with E-state index in [1.54, 1.807) is 11.6 Å². The van der Waals surface area contributed by atoms with Crippen molar-refractivity contribution in [2.75, 3.05) is 5.32 Å². The van der Waals surface area contributed by atoms with Crippen LogP contribution in [0.2, 0.25) is 5.02 Å². The highest BCUT2D eigenvalue weighted by molar-refractivity contribution is 9.10. The Bertz CT molecular complexity index is 550. The van der Waals surface area contributed by atoms with E-state index in [9.17, 15) is 0 Å². The number of anilines is 1. The molecule has 0 saturated heterocycles. The van der Waals surface area contributed by atoms with Crippen LogP contribution < -0.4 is 5.32 Å². The molecule has 1 aromatic carbocycles. The zero-order valence-electron chi connectivity index (χ0n) is 8.52. The molecule has 1 atom stereocenters. The Morgan fingerprint density at radius 1 is 1.53 bits per heavy atom. The van der Waals surface area contributed by atoms with Crippen molar-refractivity contribution in [3.63, 3.8) is 0 Å². The fraction of sp³-hybridized carbons (Fsp3) is 0.0909. The van der Waals surface area contributed by atoms with Gasteiger partial charge < -0.3 is 5.32 Å². The second-order valence-electron chi connectivity index (χ2n) is 3.25. The van der Waals surface area contributed by atoms with Crippen molar-refractivity contribution in [1.29, 1.82) is 5.26 Å². The summed E-state index contributed by atoms with van der Waals surface area (Å²) in [5, 5.41) is 14.7. The van der Waals surface area contributed by atoms with Crippen LogP contribution in [0, 0.1) is 11.3 Å². The molecule has 0 saturated carbocycles. The van der Waals surface area contributed by atoms with E-state index in [-0.39, 0.29) is 0 Å². The molecule has 2 aromatic rings. The summed E-state index contributed by atoms with van der Waals surface area (Å²) in [5.74, 6) is 0. The Labute approximate surface area is 116 Å². The number of thiazole rings is 1. The van der Waals surface area contributed by atoms with Crippen molar-refractivity contribution in [1.82, 2.24) is 4.98 Å². The van der Waals surface area contributed by atoms with Gasteiger partial charge in [-0.15, -0.1) is 11.3 Å². The summed E-state index contributed by atoms with van der Waals surface area (Å²) in [6, 6.07) is 7.14. The average molecular weight is 329 g/mol. The third kappa shape index (κ3) is 2.97. The molecule has 3 nitrogen and oxygen atoms in total. The minimum atomic E-state index is -0.450. The number of nitrogens with one attached hydrogen (secondary N) is 1. The summed E-state index contributed by atoms with van der Waals surface area (Å²) in [7, 11) is 0. The first-order valence-corrected chi connectivity index (χ1v) is 6.81. The summed E-state index contributed by atoms with van der Waals surface area (Å²) < 4.78 is 0.791.